The molecule has 1 aromatic rings. The van der Waals surface area contributed by atoms with Gasteiger partial charge in [0.1, 0.15) is 16.8 Å². The van der Waals surface area contributed by atoms with Crippen molar-refractivity contribution in [1.29, 1.82) is 5.26 Å². The molecule has 6 heteroatoms. The van der Waals surface area contributed by atoms with E-state index in [1.54, 1.807) is 0 Å². The third kappa shape index (κ3) is 1.99. The minimum absolute atomic E-state index is 0.0305. The molecule has 0 radical (unpaired) electrons. The lowest BCUT2D eigenvalue weighted by Crippen LogP contribution is -2.49. The van der Waals surface area contributed by atoms with Crippen molar-refractivity contribution in [2.24, 2.45) is 5.41 Å². The Bertz CT molecular complexity index is 643. The maximum atomic E-state index is 13.8. The highest BCUT2D eigenvalue weighted by atomic mass is 35.5. The first-order valence-electron chi connectivity index (χ1n) is 6.76. The second kappa shape index (κ2) is 4.82. The minimum atomic E-state index is -1.62. The molecular formula is C15H14Cl2FNO2. The first kappa shape index (κ1) is 15.1. The van der Waals surface area contributed by atoms with Gasteiger partial charge < -0.3 is 9.84 Å². The normalized spacial score (nSPS) is 33.7. The maximum Gasteiger partial charge on any atom is 0.142 e. The Balaban J connectivity index is 2.12. The number of nitrogens with zero attached hydrogens (tertiary/aromatic N) is 1. The van der Waals surface area contributed by atoms with Crippen LogP contribution in [0.25, 0.3) is 0 Å². The Labute approximate surface area is 132 Å². The molecule has 4 unspecified atom stereocenters. The van der Waals surface area contributed by atoms with Crippen LogP contribution in [0.5, 0.6) is 0 Å². The highest BCUT2D eigenvalue weighted by Crippen LogP contribution is 2.57. The molecule has 1 N–H and O–H groups in total. The zero-order valence-electron chi connectivity index (χ0n) is 11.4. The molecule has 3 rings (SSSR count). The molecular weight excluding hydrogens is 316 g/mol. The van der Waals surface area contributed by atoms with Crippen molar-refractivity contribution in [1.82, 2.24) is 0 Å². The number of fused-ring (bicyclic) bond motifs is 2. The van der Waals surface area contributed by atoms with E-state index >= 15 is 0 Å². The summed E-state index contributed by atoms with van der Waals surface area (Å²) >= 11 is 11.8. The molecule has 2 saturated heterocycles. The SMILES string of the molecule is CC(O)(c1cc(F)c(Cl)cc1Cl)C1(C#N)CC2CCC1O2. The Morgan fingerprint density at radius 1 is 1.43 bits per heavy atom. The maximum absolute atomic E-state index is 13.8. The molecule has 2 bridgehead atoms. The molecule has 0 amide bonds. The largest absolute Gasteiger partial charge is 0.384 e. The molecule has 4 atom stereocenters. The van der Waals surface area contributed by atoms with Crippen LogP contribution in [0.3, 0.4) is 0 Å². The van der Waals surface area contributed by atoms with E-state index in [0.29, 0.717) is 12.8 Å². The van der Waals surface area contributed by atoms with Gasteiger partial charge in [0.2, 0.25) is 0 Å². The number of halogens is 3. The predicted octanol–water partition coefficient (Wildman–Crippen LogP) is 3.80. The Morgan fingerprint density at radius 2 is 2.14 bits per heavy atom. The van der Waals surface area contributed by atoms with E-state index in [2.05, 4.69) is 6.07 Å². The average Bonchev–Trinajstić information content (AvgIpc) is 3.03. The Kier molecular flexibility index (Phi) is 3.46. The molecule has 2 heterocycles. The van der Waals surface area contributed by atoms with Crippen LogP contribution in [0.1, 0.15) is 31.7 Å². The predicted molar refractivity (Wildman–Crippen MR) is 76.5 cm³/mol. The zero-order valence-corrected chi connectivity index (χ0v) is 12.9. The summed E-state index contributed by atoms with van der Waals surface area (Å²) in [5, 5.41) is 20.8. The smallest absolute Gasteiger partial charge is 0.142 e. The molecule has 2 aliphatic rings. The molecule has 0 spiro atoms. The third-order valence-corrected chi connectivity index (χ3v) is 5.41. The van der Waals surface area contributed by atoms with Crippen LogP contribution in [-0.4, -0.2) is 17.3 Å². The van der Waals surface area contributed by atoms with Gasteiger partial charge in [0.25, 0.3) is 0 Å². The number of hydrogen-bond acceptors (Lipinski definition) is 3. The first-order valence-corrected chi connectivity index (χ1v) is 7.51. The van der Waals surface area contributed by atoms with E-state index in [1.807, 2.05) is 0 Å². The number of nitriles is 1. The van der Waals surface area contributed by atoms with Crippen molar-refractivity contribution in [3.63, 3.8) is 0 Å². The fraction of sp³-hybridized carbons (Fsp3) is 0.533. The standard InChI is InChI=1S/C15H14Cl2FNO2/c1-14(20,9-4-12(18)11(17)5-10(9)16)15(7-19)6-8-2-3-13(15)21-8/h4-5,8,13,20H,2-3,6H2,1H3. The molecule has 2 aliphatic heterocycles. The van der Waals surface area contributed by atoms with Crippen LogP contribution >= 0.6 is 23.2 Å². The van der Waals surface area contributed by atoms with Crippen LogP contribution in [0.2, 0.25) is 10.0 Å². The lowest BCUT2D eigenvalue weighted by atomic mass is 9.62. The summed E-state index contributed by atoms with van der Waals surface area (Å²) in [6.45, 7) is 1.49. The van der Waals surface area contributed by atoms with Crippen molar-refractivity contribution < 1.29 is 14.2 Å². The number of ether oxygens (including phenoxy) is 1. The van der Waals surface area contributed by atoms with Gasteiger partial charge in [0.05, 0.1) is 23.3 Å². The fourth-order valence-electron chi connectivity index (χ4n) is 3.58. The van der Waals surface area contributed by atoms with Crippen molar-refractivity contribution >= 4 is 23.2 Å². The zero-order chi connectivity index (χ0) is 15.4. The molecule has 0 aromatic heterocycles. The van der Waals surface area contributed by atoms with E-state index in [1.165, 1.54) is 13.0 Å². The molecule has 2 fully saturated rings. The van der Waals surface area contributed by atoms with Gasteiger partial charge in [0, 0.05) is 10.6 Å². The second-order valence-electron chi connectivity index (χ2n) is 5.93. The van der Waals surface area contributed by atoms with E-state index < -0.39 is 16.8 Å². The summed E-state index contributed by atoms with van der Waals surface area (Å²) in [6, 6.07) is 4.58. The number of hydrogen-bond donors (Lipinski definition) is 1. The first-order chi connectivity index (χ1) is 9.81. The van der Waals surface area contributed by atoms with Gasteiger partial charge >= 0.3 is 0 Å². The molecule has 21 heavy (non-hydrogen) atoms. The summed E-state index contributed by atoms with van der Waals surface area (Å²) in [5.74, 6) is -0.673. The van der Waals surface area contributed by atoms with Crippen LogP contribution in [0, 0.1) is 22.6 Å². The molecule has 112 valence electrons. The van der Waals surface area contributed by atoms with E-state index in [9.17, 15) is 14.8 Å². The molecule has 0 saturated carbocycles. The van der Waals surface area contributed by atoms with Crippen molar-refractivity contribution in [3.05, 3.63) is 33.6 Å². The lowest BCUT2D eigenvalue weighted by Gasteiger charge is -2.42. The van der Waals surface area contributed by atoms with Gasteiger partial charge in [-0.1, -0.05) is 23.2 Å². The summed E-state index contributed by atoms with van der Waals surface area (Å²) in [4.78, 5) is 0. The fourth-order valence-corrected chi connectivity index (χ4v) is 4.15. The topological polar surface area (TPSA) is 53.2 Å². The number of aliphatic hydroxyl groups is 1. The average molecular weight is 330 g/mol. The van der Waals surface area contributed by atoms with E-state index in [-0.39, 0.29) is 27.8 Å². The van der Waals surface area contributed by atoms with Crippen molar-refractivity contribution in [3.8, 4) is 6.07 Å². The van der Waals surface area contributed by atoms with Gasteiger partial charge in [-0.05, 0) is 38.3 Å². The quantitative estimate of drug-likeness (QED) is 0.839. The van der Waals surface area contributed by atoms with Gasteiger partial charge in [0.15, 0.2) is 0 Å². The van der Waals surface area contributed by atoms with Gasteiger partial charge in [-0.2, -0.15) is 5.26 Å². The highest BCUT2D eigenvalue weighted by Gasteiger charge is 2.63. The van der Waals surface area contributed by atoms with Gasteiger partial charge in [-0.15, -0.1) is 0 Å². The summed E-state index contributed by atoms with van der Waals surface area (Å²) in [5.41, 5.74) is -2.58. The third-order valence-electron chi connectivity index (χ3n) is 4.81. The van der Waals surface area contributed by atoms with Crippen LogP contribution in [-0.2, 0) is 10.3 Å². The summed E-state index contributed by atoms with van der Waals surface area (Å²) in [7, 11) is 0. The molecule has 3 nitrogen and oxygen atoms in total. The van der Waals surface area contributed by atoms with Gasteiger partial charge in [-0.25, -0.2) is 4.39 Å². The minimum Gasteiger partial charge on any atom is -0.384 e. The lowest BCUT2D eigenvalue weighted by molar-refractivity contribution is -0.0774. The van der Waals surface area contributed by atoms with Crippen LogP contribution < -0.4 is 0 Å². The highest BCUT2D eigenvalue weighted by molar-refractivity contribution is 6.35. The van der Waals surface area contributed by atoms with E-state index in [4.69, 9.17) is 27.9 Å². The van der Waals surface area contributed by atoms with E-state index in [0.717, 1.165) is 12.5 Å². The van der Waals surface area contributed by atoms with Crippen molar-refractivity contribution in [2.75, 3.05) is 0 Å². The summed E-state index contributed by atoms with van der Waals surface area (Å²) < 4.78 is 19.5. The van der Waals surface area contributed by atoms with Crippen LogP contribution in [0.4, 0.5) is 4.39 Å². The van der Waals surface area contributed by atoms with Crippen molar-refractivity contribution in [2.45, 2.75) is 44.0 Å². The summed E-state index contributed by atoms with van der Waals surface area (Å²) in [6.07, 6.45) is 1.62. The van der Waals surface area contributed by atoms with Crippen LogP contribution in [0.15, 0.2) is 12.1 Å². The molecule has 0 aliphatic carbocycles. The Morgan fingerprint density at radius 3 is 2.67 bits per heavy atom. The molecule has 1 aromatic carbocycles. The Hall–Kier alpha value is -0.860. The monoisotopic (exact) mass is 329 g/mol. The number of rotatable bonds is 2. The van der Waals surface area contributed by atoms with Gasteiger partial charge in [-0.3, -0.25) is 0 Å². The number of benzene rings is 1. The second-order valence-corrected chi connectivity index (χ2v) is 6.74.